The number of hydrogen-bond donors (Lipinski definition) is 2. The predicted octanol–water partition coefficient (Wildman–Crippen LogP) is 3.44. The summed E-state index contributed by atoms with van der Waals surface area (Å²) in [4.78, 5) is 11.9. The summed E-state index contributed by atoms with van der Waals surface area (Å²) >= 11 is 12.7. The van der Waals surface area contributed by atoms with Crippen LogP contribution in [0.15, 0.2) is 23.4 Å². The fourth-order valence-corrected chi connectivity index (χ4v) is 2.91. The summed E-state index contributed by atoms with van der Waals surface area (Å²) in [6.45, 7) is 0. The number of alkyl halides is 3. The molecule has 0 bridgehead atoms. The van der Waals surface area contributed by atoms with E-state index in [1.54, 1.807) is 18.2 Å². The second-order valence-corrected chi connectivity index (χ2v) is 6.29. The Morgan fingerprint density at radius 2 is 1.92 bits per heavy atom. The van der Waals surface area contributed by atoms with Gasteiger partial charge >= 0.3 is 6.18 Å². The topological polar surface area (TPSA) is 85.8 Å². The van der Waals surface area contributed by atoms with Gasteiger partial charge in [-0.15, -0.1) is 10.2 Å². The SMILES string of the molecule is Nn1c(SCCC(=O)Nc2c(Cl)cccc2Cl)nnc1C(F)(F)F. The van der Waals surface area contributed by atoms with E-state index in [-0.39, 0.29) is 33.1 Å². The fraction of sp³-hybridized carbons (Fsp3) is 0.250. The second kappa shape index (κ2) is 7.49. The van der Waals surface area contributed by atoms with E-state index in [9.17, 15) is 18.0 Å². The second-order valence-electron chi connectivity index (χ2n) is 4.42. The van der Waals surface area contributed by atoms with Gasteiger partial charge < -0.3 is 11.2 Å². The van der Waals surface area contributed by atoms with E-state index in [0.717, 1.165) is 11.8 Å². The summed E-state index contributed by atoms with van der Waals surface area (Å²) in [6, 6.07) is 4.75. The Balaban J connectivity index is 1.91. The van der Waals surface area contributed by atoms with Crippen LogP contribution in [0.1, 0.15) is 12.2 Å². The van der Waals surface area contributed by atoms with Crippen molar-refractivity contribution in [2.24, 2.45) is 0 Å². The van der Waals surface area contributed by atoms with E-state index in [4.69, 9.17) is 29.0 Å². The van der Waals surface area contributed by atoms with Crippen molar-refractivity contribution < 1.29 is 18.0 Å². The van der Waals surface area contributed by atoms with Crippen molar-refractivity contribution >= 4 is 46.6 Å². The lowest BCUT2D eigenvalue weighted by molar-refractivity contribution is -0.146. The number of benzene rings is 1. The van der Waals surface area contributed by atoms with Crippen LogP contribution in [0.4, 0.5) is 18.9 Å². The lowest BCUT2D eigenvalue weighted by Crippen LogP contribution is -2.21. The van der Waals surface area contributed by atoms with Crippen molar-refractivity contribution in [3.8, 4) is 0 Å². The lowest BCUT2D eigenvalue weighted by atomic mass is 10.3. The minimum absolute atomic E-state index is 0.0135. The van der Waals surface area contributed by atoms with Crippen molar-refractivity contribution in [1.82, 2.24) is 14.9 Å². The highest BCUT2D eigenvalue weighted by molar-refractivity contribution is 7.99. The molecule has 0 saturated carbocycles. The van der Waals surface area contributed by atoms with Gasteiger partial charge in [0.15, 0.2) is 0 Å². The maximum Gasteiger partial charge on any atom is 0.453 e. The Labute approximate surface area is 148 Å². The molecule has 0 aliphatic rings. The van der Waals surface area contributed by atoms with Crippen molar-refractivity contribution in [1.29, 1.82) is 0 Å². The van der Waals surface area contributed by atoms with Crippen molar-refractivity contribution in [3.63, 3.8) is 0 Å². The van der Waals surface area contributed by atoms with Crippen LogP contribution in [0.3, 0.4) is 0 Å². The van der Waals surface area contributed by atoms with Gasteiger partial charge in [-0.3, -0.25) is 4.79 Å². The van der Waals surface area contributed by atoms with Crippen LogP contribution in [-0.2, 0) is 11.0 Å². The molecule has 3 N–H and O–H groups in total. The molecule has 0 unspecified atom stereocenters. The predicted molar refractivity (Wildman–Crippen MR) is 85.6 cm³/mol. The summed E-state index contributed by atoms with van der Waals surface area (Å²) in [6.07, 6.45) is -4.71. The number of nitrogens with one attached hydrogen (secondary N) is 1. The summed E-state index contributed by atoms with van der Waals surface area (Å²) < 4.78 is 37.9. The van der Waals surface area contributed by atoms with Gasteiger partial charge in [0.25, 0.3) is 5.82 Å². The van der Waals surface area contributed by atoms with Crippen LogP contribution in [0.2, 0.25) is 10.0 Å². The van der Waals surface area contributed by atoms with E-state index in [2.05, 4.69) is 15.5 Å². The van der Waals surface area contributed by atoms with E-state index >= 15 is 0 Å². The fourth-order valence-electron chi connectivity index (χ4n) is 1.62. The first kappa shape index (κ1) is 18.7. The lowest BCUT2D eigenvalue weighted by Gasteiger charge is -2.09. The normalized spacial score (nSPS) is 11.5. The van der Waals surface area contributed by atoms with E-state index < -0.39 is 17.9 Å². The molecule has 130 valence electrons. The maximum atomic E-state index is 12.5. The average molecular weight is 400 g/mol. The Morgan fingerprint density at radius 1 is 1.29 bits per heavy atom. The number of halogens is 5. The van der Waals surface area contributed by atoms with Gasteiger partial charge in [-0.05, 0) is 12.1 Å². The number of carbonyl (C=O) groups is 1. The van der Waals surface area contributed by atoms with Crippen LogP contribution >= 0.6 is 35.0 Å². The Kier molecular flexibility index (Phi) is 5.83. The van der Waals surface area contributed by atoms with Gasteiger partial charge in [0.05, 0.1) is 15.7 Å². The molecule has 0 atom stereocenters. The zero-order chi connectivity index (χ0) is 17.9. The minimum Gasteiger partial charge on any atom is -0.335 e. The third-order valence-electron chi connectivity index (χ3n) is 2.71. The highest BCUT2D eigenvalue weighted by Crippen LogP contribution is 2.31. The summed E-state index contributed by atoms with van der Waals surface area (Å²) in [5, 5.41) is 9.28. The Bertz CT molecular complexity index is 733. The third-order valence-corrected chi connectivity index (χ3v) is 4.28. The Morgan fingerprint density at radius 3 is 2.46 bits per heavy atom. The quantitative estimate of drug-likeness (QED) is 0.593. The van der Waals surface area contributed by atoms with Crippen LogP contribution in [-0.4, -0.2) is 26.5 Å². The number of rotatable bonds is 5. The molecule has 1 aromatic heterocycles. The third kappa shape index (κ3) is 4.46. The van der Waals surface area contributed by atoms with Crippen LogP contribution in [0, 0.1) is 0 Å². The molecule has 0 aliphatic carbocycles. The molecule has 1 heterocycles. The van der Waals surface area contributed by atoms with Gasteiger partial charge in [0.1, 0.15) is 0 Å². The van der Waals surface area contributed by atoms with E-state index in [1.165, 1.54) is 0 Å². The molecule has 0 saturated heterocycles. The molecule has 0 aliphatic heterocycles. The number of para-hydroxylation sites is 1. The molecule has 24 heavy (non-hydrogen) atoms. The van der Waals surface area contributed by atoms with Crippen molar-refractivity contribution in [2.75, 3.05) is 16.9 Å². The van der Waals surface area contributed by atoms with Crippen LogP contribution in [0.25, 0.3) is 0 Å². The molecule has 6 nitrogen and oxygen atoms in total. The smallest absolute Gasteiger partial charge is 0.335 e. The monoisotopic (exact) mass is 399 g/mol. The number of nitrogens with two attached hydrogens (primary N) is 1. The highest BCUT2D eigenvalue weighted by atomic mass is 35.5. The van der Waals surface area contributed by atoms with Gasteiger partial charge in [0, 0.05) is 12.2 Å². The van der Waals surface area contributed by atoms with Gasteiger partial charge in [-0.2, -0.15) is 13.2 Å². The summed E-state index contributed by atoms with van der Waals surface area (Å²) in [7, 11) is 0. The van der Waals surface area contributed by atoms with E-state index in [0.29, 0.717) is 4.68 Å². The maximum absolute atomic E-state index is 12.5. The number of aromatic nitrogens is 3. The number of nitrogens with zero attached hydrogens (tertiary/aromatic N) is 3. The van der Waals surface area contributed by atoms with Gasteiger partial charge in [-0.1, -0.05) is 41.0 Å². The first-order chi connectivity index (χ1) is 11.2. The molecular formula is C12H10Cl2F3N5OS. The number of hydrogen-bond acceptors (Lipinski definition) is 5. The molecule has 2 rings (SSSR count). The Hall–Kier alpha value is -1.65. The average Bonchev–Trinajstić information content (AvgIpc) is 2.84. The molecule has 2 aromatic rings. The standard InChI is InChI=1S/C12H10Cl2F3N5OS/c13-6-2-1-3-7(14)9(6)19-8(23)4-5-24-11-21-20-10(22(11)18)12(15,16)17/h1-3H,4-5,18H2,(H,19,23). The summed E-state index contributed by atoms with van der Waals surface area (Å²) in [5.74, 6) is 3.71. The van der Waals surface area contributed by atoms with E-state index in [1.807, 2.05) is 0 Å². The molecule has 1 amide bonds. The molecule has 0 spiro atoms. The molecule has 1 aromatic carbocycles. The molecular weight excluding hydrogens is 390 g/mol. The largest absolute Gasteiger partial charge is 0.453 e. The molecule has 12 heteroatoms. The van der Waals surface area contributed by atoms with Gasteiger partial charge in [-0.25, -0.2) is 4.68 Å². The molecule has 0 radical (unpaired) electrons. The first-order valence-corrected chi connectivity index (χ1v) is 8.08. The minimum atomic E-state index is -4.70. The number of amides is 1. The summed E-state index contributed by atoms with van der Waals surface area (Å²) in [5.41, 5.74) is 0.275. The van der Waals surface area contributed by atoms with Crippen molar-refractivity contribution in [2.45, 2.75) is 17.8 Å². The molecule has 0 fully saturated rings. The highest BCUT2D eigenvalue weighted by Gasteiger charge is 2.38. The number of carbonyl (C=O) groups excluding carboxylic acids is 1. The van der Waals surface area contributed by atoms with Crippen LogP contribution < -0.4 is 11.2 Å². The zero-order valence-electron chi connectivity index (χ0n) is 11.8. The van der Waals surface area contributed by atoms with Crippen LogP contribution in [0.5, 0.6) is 0 Å². The number of thioether (sulfide) groups is 1. The number of nitrogen functional groups attached to an aromatic ring is 1. The first-order valence-electron chi connectivity index (χ1n) is 6.34. The van der Waals surface area contributed by atoms with Crippen molar-refractivity contribution in [3.05, 3.63) is 34.1 Å². The number of anilines is 1. The zero-order valence-corrected chi connectivity index (χ0v) is 14.1. The van der Waals surface area contributed by atoms with Gasteiger partial charge in [0.2, 0.25) is 11.1 Å².